The van der Waals surface area contributed by atoms with Crippen LogP contribution in [0.2, 0.25) is 0 Å². The number of hydrogen-bond donors (Lipinski definition) is 0. The van der Waals surface area contributed by atoms with Crippen LogP contribution in [0.4, 0.5) is 0 Å². The first-order valence-corrected chi connectivity index (χ1v) is 8.43. The zero-order valence-corrected chi connectivity index (χ0v) is 14.0. The maximum absolute atomic E-state index is 5.44. The molecule has 0 aliphatic carbocycles. The summed E-state index contributed by atoms with van der Waals surface area (Å²) >= 11 is 0. The van der Waals surface area contributed by atoms with Crippen LogP contribution in [0.25, 0.3) is 0 Å². The van der Waals surface area contributed by atoms with Gasteiger partial charge >= 0.3 is 0 Å². The molecule has 124 valence electrons. The van der Waals surface area contributed by atoms with Crippen molar-refractivity contribution in [2.75, 3.05) is 66.6 Å². The average molecular weight is 307 g/mol. The van der Waals surface area contributed by atoms with Crippen LogP contribution in [0, 0.1) is 0 Å². The van der Waals surface area contributed by atoms with Gasteiger partial charge in [-0.25, -0.2) is 4.98 Å². The number of morpholine rings is 1. The lowest BCUT2D eigenvalue weighted by molar-refractivity contribution is 0.0331. The van der Waals surface area contributed by atoms with E-state index >= 15 is 0 Å². The molecule has 0 radical (unpaired) electrons. The van der Waals surface area contributed by atoms with Gasteiger partial charge in [-0.3, -0.25) is 9.80 Å². The zero-order valence-electron chi connectivity index (χ0n) is 14.0. The van der Waals surface area contributed by atoms with Gasteiger partial charge < -0.3 is 14.2 Å². The molecule has 6 heteroatoms. The van der Waals surface area contributed by atoms with Crippen molar-refractivity contribution in [3.8, 4) is 0 Å². The van der Waals surface area contributed by atoms with E-state index in [0.29, 0.717) is 0 Å². The molecule has 2 aliphatic heterocycles. The van der Waals surface area contributed by atoms with E-state index in [9.17, 15) is 0 Å². The van der Waals surface area contributed by atoms with Crippen molar-refractivity contribution in [2.24, 2.45) is 0 Å². The maximum Gasteiger partial charge on any atom is 0.110 e. The molecule has 0 aromatic carbocycles. The number of rotatable bonds is 5. The van der Waals surface area contributed by atoms with E-state index in [4.69, 9.17) is 4.74 Å². The zero-order chi connectivity index (χ0) is 15.4. The molecule has 1 fully saturated rings. The monoisotopic (exact) mass is 307 g/mol. The Hall–Kier alpha value is -0.950. The second-order valence-electron chi connectivity index (χ2n) is 6.60. The summed E-state index contributed by atoms with van der Waals surface area (Å²) in [5.74, 6) is 1.26. The van der Waals surface area contributed by atoms with Crippen LogP contribution < -0.4 is 0 Å². The SMILES string of the molecule is CN(C)CCN1CCc2ncc(CN3CCOCC3)n2CC1. The molecule has 1 saturated heterocycles. The Morgan fingerprint density at radius 1 is 1.09 bits per heavy atom. The minimum absolute atomic E-state index is 0.860. The third-order valence-corrected chi connectivity index (χ3v) is 4.67. The molecular weight excluding hydrogens is 278 g/mol. The summed E-state index contributed by atoms with van der Waals surface area (Å²) in [7, 11) is 4.28. The molecule has 1 aromatic rings. The molecule has 22 heavy (non-hydrogen) atoms. The summed E-state index contributed by atoms with van der Waals surface area (Å²) in [5, 5.41) is 0. The third kappa shape index (κ3) is 4.07. The van der Waals surface area contributed by atoms with Crippen LogP contribution in [-0.4, -0.2) is 90.8 Å². The predicted molar refractivity (Wildman–Crippen MR) is 87.0 cm³/mol. The van der Waals surface area contributed by atoms with Gasteiger partial charge in [-0.2, -0.15) is 0 Å². The first kappa shape index (κ1) is 15.9. The molecule has 0 saturated carbocycles. The van der Waals surface area contributed by atoms with Gasteiger partial charge in [0.15, 0.2) is 0 Å². The number of nitrogens with zero attached hydrogens (tertiary/aromatic N) is 5. The van der Waals surface area contributed by atoms with E-state index in [1.54, 1.807) is 0 Å². The molecule has 0 spiro atoms. The molecule has 0 atom stereocenters. The van der Waals surface area contributed by atoms with Gasteiger partial charge in [0.05, 0.1) is 18.9 Å². The van der Waals surface area contributed by atoms with Gasteiger partial charge in [-0.15, -0.1) is 0 Å². The summed E-state index contributed by atoms with van der Waals surface area (Å²) in [6.45, 7) is 10.4. The molecule has 0 unspecified atom stereocenters. The molecule has 0 amide bonds. The van der Waals surface area contributed by atoms with E-state index in [2.05, 4.69) is 44.5 Å². The minimum atomic E-state index is 0.860. The van der Waals surface area contributed by atoms with Crippen molar-refractivity contribution < 1.29 is 4.74 Å². The predicted octanol–water partition coefficient (Wildman–Crippen LogP) is 0.135. The van der Waals surface area contributed by atoms with Crippen molar-refractivity contribution in [3.05, 3.63) is 17.7 Å². The van der Waals surface area contributed by atoms with Crippen molar-refractivity contribution >= 4 is 0 Å². The van der Waals surface area contributed by atoms with Crippen molar-refractivity contribution in [3.63, 3.8) is 0 Å². The standard InChI is InChI=1S/C16H29N5O/c1-18(2)5-6-19-4-3-16-17-13-15(21(16)8-7-19)14-20-9-11-22-12-10-20/h13H,3-12,14H2,1-2H3. The van der Waals surface area contributed by atoms with Crippen molar-refractivity contribution in [1.82, 2.24) is 24.3 Å². The molecule has 3 rings (SSSR count). The fraction of sp³-hybridized carbons (Fsp3) is 0.812. The highest BCUT2D eigenvalue weighted by molar-refractivity contribution is 5.07. The Morgan fingerprint density at radius 3 is 2.68 bits per heavy atom. The summed E-state index contributed by atoms with van der Waals surface area (Å²) in [6.07, 6.45) is 3.15. The normalized spacial score (nSPS) is 21.0. The molecular formula is C16H29N5O. The van der Waals surface area contributed by atoms with Gasteiger partial charge in [0.25, 0.3) is 0 Å². The lowest BCUT2D eigenvalue weighted by atomic mass is 10.3. The number of ether oxygens (including phenoxy) is 1. The van der Waals surface area contributed by atoms with Crippen LogP contribution >= 0.6 is 0 Å². The van der Waals surface area contributed by atoms with Crippen LogP contribution in [0.15, 0.2) is 6.20 Å². The van der Waals surface area contributed by atoms with Gasteiger partial charge in [0, 0.05) is 65.0 Å². The molecule has 0 bridgehead atoms. The number of hydrogen-bond acceptors (Lipinski definition) is 5. The highest BCUT2D eigenvalue weighted by Gasteiger charge is 2.19. The number of fused-ring (bicyclic) bond motifs is 1. The second kappa shape index (κ2) is 7.55. The molecule has 0 N–H and O–H groups in total. The van der Waals surface area contributed by atoms with Crippen molar-refractivity contribution in [2.45, 2.75) is 19.5 Å². The molecule has 6 nitrogen and oxygen atoms in total. The Kier molecular flexibility index (Phi) is 5.46. The highest BCUT2D eigenvalue weighted by atomic mass is 16.5. The summed E-state index contributed by atoms with van der Waals surface area (Å²) in [5.41, 5.74) is 1.37. The Labute approximate surface area is 133 Å². The third-order valence-electron chi connectivity index (χ3n) is 4.67. The average Bonchev–Trinajstić information content (AvgIpc) is 2.78. The van der Waals surface area contributed by atoms with Crippen LogP contribution in [0.1, 0.15) is 11.5 Å². The summed E-state index contributed by atoms with van der Waals surface area (Å²) < 4.78 is 7.89. The maximum atomic E-state index is 5.44. The number of imidazole rings is 1. The Balaban J connectivity index is 1.58. The lowest BCUT2D eigenvalue weighted by Gasteiger charge is -2.27. The fourth-order valence-corrected chi connectivity index (χ4v) is 3.22. The topological polar surface area (TPSA) is 36.8 Å². The first-order valence-electron chi connectivity index (χ1n) is 8.43. The van der Waals surface area contributed by atoms with E-state index < -0.39 is 0 Å². The van der Waals surface area contributed by atoms with Gasteiger partial charge in [-0.05, 0) is 14.1 Å². The smallest absolute Gasteiger partial charge is 0.110 e. The van der Waals surface area contributed by atoms with Crippen molar-refractivity contribution in [1.29, 1.82) is 0 Å². The van der Waals surface area contributed by atoms with Crippen LogP contribution in [-0.2, 0) is 24.2 Å². The van der Waals surface area contributed by atoms with Gasteiger partial charge in [-0.1, -0.05) is 0 Å². The van der Waals surface area contributed by atoms with E-state index in [1.165, 1.54) is 11.5 Å². The molecule has 2 aliphatic rings. The van der Waals surface area contributed by atoms with Crippen LogP contribution in [0.5, 0.6) is 0 Å². The fourth-order valence-electron chi connectivity index (χ4n) is 3.22. The molecule has 1 aromatic heterocycles. The van der Waals surface area contributed by atoms with Gasteiger partial charge in [0.2, 0.25) is 0 Å². The molecule has 3 heterocycles. The number of likely N-dealkylation sites (N-methyl/N-ethyl adjacent to an activating group) is 1. The lowest BCUT2D eigenvalue weighted by Crippen LogP contribution is -2.36. The summed E-state index contributed by atoms with van der Waals surface area (Å²) in [6, 6.07) is 0. The largest absolute Gasteiger partial charge is 0.379 e. The van der Waals surface area contributed by atoms with E-state index in [-0.39, 0.29) is 0 Å². The quantitative estimate of drug-likeness (QED) is 0.773. The Bertz CT molecular complexity index is 467. The first-order chi connectivity index (χ1) is 10.7. The second-order valence-corrected chi connectivity index (χ2v) is 6.60. The van der Waals surface area contributed by atoms with E-state index in [0.717, 1.165) is 72.0 Å². The highest BCUT2D eigenvalue weighted by Crippen LogP contribution is 2.14. The van der Waals surface area contributed by atoms with Gasteiger partial charge in [0.1, 0.15) is 5.82 Å². The number of aromatic nitrogens is 2. The minimum Gasteiger partial charge on any atom is -0.379 e. The Morgan fingerprint density at radius 2 is 1.91 bits per heavy atom. The van der Waals surface area contributed by atoms with E-state index in [1.807, 2.05) is 0 Å². The van der Waals surface area contributed by atoms with Crippen LogP contribution in [0.3, 0.4) is 0 Å². The summed E-state index contributed by atoms with van der Waals surface area (Å²) in [4.78, 5) is 12.0.